The van der Waals surface area contributed by atoms with E-state index in [-0.39, 0.29) is 22.9 Å². The van der Waals surface area contributed by atoms with Crippen molar-refractivity contribution in [1.29, 1.82) is 0 Å². The number of rotatable bonds is 10. The van der Waals surface area contributed by atoms with E-state index in [4.69, 9.17) is 4.74 Å². The lowest BCUT2D eigenvalue weighted by Gasteiger charge is -2.17. The topological polar surface area (TPSA) is 87.7 Å². The largest absolute Gasteiger partial charge is 0.496 e. The van der Waals surface area contributed by atoms with Gasteiger partial charge in [-0.15, -0.1) is 0 Å². The normalized spacial score (nSPS) is 11.4. The van der Waals surface area contributed by atoms with Crippen LogP contribution in [0.15, 0.2) is 53.4 Å². The summed E-state index contributed by atoms with van der Waals surface area (Å²) in [5, 5.41) is 2.83. The van der Waals surface area contributed by atoms with Crippen LogP contribution in [0.4, 0.5) is 0 Å². The lowest BCUT2D eigenvalue weighted by atomic mass is 10.2. The molecule has 0 radical (unpaired) electrons. The molecule has 2 N–H and O–H groups in total. The lowest BCUT2D eigenvalue weighted by molar-refractivity contribution is 0.0946. The Labute approximate surface area is 166 Å². The van der Waals surface area contributed by atoms with Crippen LogP contribution < -0.4 is 14.8 Å². The molecule has 2 aromatic carbocycles. The van der Waals surface area contributed by atoms with Crippen LogP contribution >= 0.6 is 0 Å². The number of methoxy groups -OCH3 is 1. The predicted molar refractivity (Wildman–Crippen MR) is 109 cm³/mol. The molecule has 152 valence electrons. The quantitative estimate of drug-likeness (QED) is 0.630. The summed E-state index contributed by atoms with van der Waals surface area (Å²) >= 11 is 0. The first kappa shape index (κ1) is 21.9. The zero-order valence-corrected chi connectivity index (χ0v) is 17.3. The number of sulfonamides is 1. The van der Waals surface area contributed by atoms with Gasteiger partial charge < -0.3 is 15.0 Å². The van der Waals surface area contributed by atoms with E-state index in [0.29, 0.717) is 18.8 Å². The summed E-state index contributed by atoms with van der Waals surface area (Å²) < 4.78 is 32.0. The van der Waals surface area contributed by atoms with Crippen molar-refractivity contribution in [2.24, 2.45) is 0 Å². The Morgan fingerprint density at radius 2 is 1.86 bits per heavy atom. The van der Waals surface area contributed by atoms with Crippen molar-refractivity contribution in [2.75, 3.05) is 33.8 Å². The summed E-state index contributed by atoms with van der Waals surface area (Å²) in [5.74, 6) is -0.0518. The molecule has 0 fully saturated rings. The first-order valence-electron chi connectivity index (χ1n) is 9.05. The van der Waals surface area contributed by atoms with Gasteiger partial charge in [0.25, 0.3) is 5.91 Å². The van der Waals surface area contributed by atoms with Crippen molar-refractivity contribution in [3.63, 3.8) is 0 Å². The molecule has 8 heteroatoms. The molecule has 0 saturated carbocycles. The molecule has 1 amide bonds. The molecule has 0 spiro atoms. The van der Waals surface area contributed by atoms with E-state index in [9.17, 15) is 13.2 Å². The number of hydrogen-bond donors (Lipinski definition) is 2. The SMILES string of the molecule is CCNS(=O)(=O)c1ccc(OC)c(C(=O)NCCN(C)Cc2ccccc2)c1. The van der Waals surface area contributed by atoms with Crippen LogP contribution in [0.5, 0.6) is 5.75 Å². The number of nitrogens with one attached hydrogen (secondary N) is 2. The molecule has 0 unspecified atom stereocenters. The fraction of sp³-hybridized carbons (Fsp3) is 0.350. The number of hydrogen-bond acceptors (Lipinski definition) is 5. The molecule has 28 heavy (non-hydrogen) atoms. The van der Waals surface area contributed by atoms with Crippen LogP contribution in [0.25, 0.3) is 0 Å². The van der Waals surface area contributed by atoms with Crippen LogP contribution in [0, 0.1) is 0 Å². The summed E-state index contributed by atoms with van der Waals surface area (Å²) in [7, 11) is -0.235. The molecule has 0 heterocycles. The van der Waals surface area contributed by atoms with Gasteiger partial charge >= 0.3 is 0 Å². The van der Waals surface area contributed by atoms with E-state index >= 15 is 0 Å². The molecule has 2 aromatic rings. The third-order valence-corrected chi connectivity index (χ3v) is 5.68. The van der Waals surface area contributed by atoms with Gasteiger partial charge in [0.05, 0.1) is 17.6 Å². The molecule has 7 nitrogen and oxygen atoms in total. The Morgan fingerprint density at radius 1 is 1.14 bits per heavy atom. The minimum Gasteiger partial charge on any atom is -0.496 e. The van der Waals surface area contributed by atoms with E-state index in [1.807, 2.05) is 25.2 Å². The van der Waals surface area contributed by atoms with Gasteiger partial charge in [-0.3, -0.25) is 4.79 Å². The second-order valence-electron chi connectivity index (χ2n) is 6.34. The van der Waals surface area contributed by atoms with Gasteiger partial charge in [0.15, 0.2) is 0 Å². The summed E-state index contributed by atoms with van der Waals surface area (Å²) in [6.07, 6.45) is 0. The van der Waals surface area contributed by atoms with Gasteiger partial charge in [-0.25, -0.2) is 13.1 Å². The summed E-state index contributed by atoms with van der Waals surface area (Å²) in [6.45, 7) is 3.81. The maximum Gasteiger partial charge on any atom is 0.255 e. The molecule has 2 rings (SSSR count). The Hall–Kier alpha value is -2.42. The highest BCUT2D eigenvalue weighted by molar-refractivity contribution is 7.89. The number of carbonyl (C=O) groups excluding carboxylic acids is 1. The highest BCUT2D eigenvalue weighted by Crippen LogP contribution is 2.22. The monoisotopic (exact) mass is 405 g/mol. The van der Waals surface area contributed by atoms with Crippen molar-refractivity contribution in [1.82, 2.24) is 14.9 Å². The standard InChI is InChI=1S/C20H27N3O4S/c1-4-22-28(25,26)17-10-11-19(27-3)18(14-17)20(24)21-12-13-23(2)15-16-8-6-5-7-9-16/h5-11,14,22H,4,12-13,15H2,1-3H3,(H,21,24). The molecule has 0 aliphatic heterocycles. The Bertz CT molecular complexity index is 886. The Kier molecular flexibility index (Phi) is 7.98. The van der Waals surface area contributed by atoms with Crippen molar-refractivity contribution in [2.45, 2.75) is 18.4 Å². The van der Waals surface area contributed by atoms with Gasteiger partial charge in [0, 0.05) is 26.2 Å². The van der Waals surface area contributed by atoms with E-state index < -0.39 is 10.0 Å². The lowest BCUT2D eigenvalue weighted by Crippen LogP contribution is -2.33. The Balaban J connectivity index is 2.00. The van der Waals surface area contributed by atoms with Gasteiger partial charge in [0.1, 0.15) is 5.75 Å². The van der Waals surface area contributed by atoms with Crippen LogP contribution in [-0.4, -0.2) is 53.0 Å². The zero-order valence-electron chi connectivity index (χ0n) is 16.4. The van der Waals surface area contributed by atoms with Crippen molar-refractivity contribution < 1.29 is 17.9 Å². The number of nitrogens with zero attached hydrogens (tertiary/aromatic N) is 1. The van der Waals surface area contributed by atoms with E-state index in [1.165, 1.54) is 30.9 Å². The van der Waals surface area contributed by atoms with Crippen molar-refractivity contribution >= 4 is 15.9 Å². The predicted octanol–water partition coefficient (Wildman–Crippen LogP) is 1.86. The maximum atomic E-state index is 12.6. The van der Waals surface area contributed by atoms with Gasteiger partial charge in [0.2, 0.25) is 10.0 Å². The van der Waals surface area contributed by atoms with Crippen LogP contribution in [0.2, 0.25) is 0 Å². The average Bonchev–Trinajstić information content (AvgIpc) is 2.68. The van der Waals surface area contributed by atoms with Crippen LogP contribution in [0.3, 0.4) is 0 Å². The maximum absolute atomic E-state index is 12.6. The Morgan fingerprint density at radius 3 is 2.50 bits per heavy atom. The average molecular weight is 406 g/mol. The summed E-state index contributed by atoms with van der Waals surface area (Å²) in [6, 6.07) is 14.3. The third-order valence-electron chi connectivity index (χ3n) is 4.13. The summed E-state index contributed by atoms with van der Waals surface area (Å²) in [5.41, 5.74) is 1.38. The fourth-order valence-corrected chi connectivity index (χ4v) is 3.80. The smallest absolute Gasteiger partial charge is 0.255 e. The molecular weight excluding hydrogens is 378 g/mol. The minimum atomic E-state index is -3.65. The van der Waals surface area contributed by atoms with Gasteiger partial charge in [-0.05, 0) is 30.8 Å². The van der Waals surface area contributed by atoms with Crippen LogP contribution in [-0.2, 0) is 16.6 Å². The first-order valence-corrected chi connectivity index (χ1v) is 10.5. The highest BCUT2D eigenvalue weighted by atomic mass is 32.2. The van der Waals surface area contributed by atoms with Gasteiger partial charge in [-0.2, -0.15) is 0 Å². The fourth-order valence-electron chi connectivity index (χ4n) is 2.73. The molecule has 0 bridgehead atoms. The zero-order chi connectivity index (χ0) is 20.6. The molecule has 0 aliphatic carbocycles. The first-order chi connectivity index (χ1) is 13.4. The molecular formula is C20H27N3O4S. The second kappa shape index (κ2) is 10.2. The number of amides is 1. The van der Waals surface area contributed by atoms with E-state index in [1.54, 1.807) is 6.92 Å². The third kappa shape index (κ3) is 6.05. The molecule has 0 saturated heterocycles. The van der Waals surface area contributed by atoms with Crippen LogP contribution in [0.1, 0.15) is 22.8 Å². The number of benzene rings is 2. The second-order valence-corrected chi connectivity index (χ2v) is 8.11. The van der Waals surface area contributed by atoms with E-state index in [2.05, 4.69) is 27.1 Å². The minimum absolute atomic E-state index is 0.0292. The van der Waals surface area contributed by atoms with E-state index in [0.717, 1.165) is 6.54 Å². The highest BCUT2D eigenvalue weighted by Gasteiger charge is 2.19. The van der Waals surface area contributed by atoms with Gasteiger partial charge in [-0.1, -0.05) is 37.3 Å². The molecule has 0 atom stereocenters. The number of likely N-dealkylation sites (N-methyl/N-ethyl adjacent to an activating group) is 1. The molecule has 0 aliphatic rings. The van der Waals surface area contributed by atoms with Crippen molar-refractivity contribution in [3.05, 3.63) is 59.7 Å². The summed E-state index contributed by atoms with van der Waals surface area (Å²) in [4.78, 5) is 14.7. The number of carbonyl (C=O) groups is 1. The molecule has 0 aromatic heterocycles. The number of ether oxygens (including phenoxy) is 1. The van der Waals surface area contributed by atoms with Crippen molar-refractivity contribution in [3.8, 4) is 5.75 Å².